The number of fused-ring (bicyclic) bond motifs is 1. The lowest BCUT2D eigenvalue weighted by Gasteiger charge is -2.36. The van der Waals surface area contributed by atoms with E-state index in [9.17, 15) is 27.6 Å². The first-order valence-corrected chi connectivity index (χ1v) is 21.9. The molecule has 2 aliphatic carbocycles. The second-order valence-electron chi connectivity index (χ2n) is 17.2. The maximum absolute atomic E-state index is 14.9. The van der Waals surface area contributed by atoms with E-state index < -0.39 is 56.1 Å². The summed E-state index contributed by atoms with van der Waals surface area (Å²) in [4.78, 5) is 65.0. The monoisotopic (exact) mass is 801 g/mol. The van der Waals surface area contributed by atoms with E-state index in [0.717, 1.165) is 30.2 Å². The molecule has 4 aliphatic rings. The Labute approximate surface area is 335 Å². The number of hydrogen-bond donors (Lipinski definition) is 2. The van der Waals surface area contributed by atoms with Crippen LogP contribution in [-0.2, 0) is 29.2 Å². The number of ether oxygens (including phenoxy) is 2. The van der Waals surface area contributed by atoms with Crippen molar-refractivity contribution in [1.29, 1.82) is 0 Å². The van der Waals surface area contributed by atoms with Crippen LogP contribution in [0.5, 0.6) is 11.5 Å². The lowest BCUT2D eigenvalue weighted by molar-refractivity contribution is -0.148. The van der Waals surface area contributed by atoms with E-state index in [1.807, 2.05) is 87.2 Å². The van der Waals surface area contributed by atoms with Crippen molar-refractivity contribution in [3.05, 3.63) is 54.6 Å². The van der Waals surface area contributed by atoms with Crippen molar-refractivity contribution in [1.82, 2.24) is 24.8 Å². The second-order valence-corrected chi connectivity index (χ2v) is 19.2. The summed E-state index contributed by atoms with van der Waals surface area (Å²) in [6, 6.07) is 16.0. The van der Waals surface area contributed by atoms with Gasteiger partial charge in [0.25, 0.3) is 5.91 Å². The number of benzene rings is 2. The molecule has 2 saturated heterocycles. The van der Waals surface area contributed by atoms with Crippen LogP contribution in [0.4, 0.5) is 0 Å². The Hall–Kier alpha value is -4.72. The standard InChI is InChI=1S/C43H55N5O8S/c1-6-28-25-43(28,41(52)46-57(53,54)31-16-17-31)45-39(50)36-22-30(26-48(36)40(51)33(42(2,3)4)23-38(49)47-19-11-8-12-20-47)56-37-24-34(27-13-9-7-10-14-27)44-35-21-29(55-5)15-18-32(35)37/h7,9-10,13-15,18,21,24,28,30-31,33,36H,6,8,11-12,16-17,19-20,22-23,25-26H2,1-5H3,(H,45,50)(H,46,52)/t28-,30-,33?,36+,43-/m1/s1. The van der Waals surface area contributed by atoms with Gasteiger partial charge >= 0.3 is 0 Å². The summed E-state index contributed by atoms with van der Waals surface area (Å²) in [5.74, 6) is -1.60. The number of carbonyl (C=O) groups is 4. The molecule has 2 aromatic carbocycles. The average Bonchev–Trinajstić information content (AvgIpc) is 4.13. The molecule has 57 heavy (non-hydrogen) atoms. The molecule has 3 heterocycles. The highest BCUT2D eigenvalue weighted by Crippen LogP contribution is 2.47. The van der Waals surface area contributed by atoms with Crippen molar-refractivity contribution in [2.75, 3.05) is 26.7 Å². The normalized spacial score (nSPS) is 24.1. The number of pyridine rings is 1. The Morgan fingerprint density at radius 1 is 1.00 bits per heavy atom. The van der Waals surface area contributed by atoms with E-state index in [2.05, 4.69) is 10.0 Å². The topological polar surface area (TPSA) is 164 Å². The van der Waals surface area contributed by atoms with E-state index in [4.69, 9.17) is 14.5 Å². The Balaban J connectivity index is 1.21. The number of aromatic nitrogens is 1. The Kier molecular flexibility index (Phi) is 11.3. The zero-order valence-electron chi connectivity index (χ0n) is 33.6. The lowest BCUT2D eigenvalue weighted by Crippen LogP contribution is -2.57. The van der Waals surface area contributed by atoms with Crippen molar-refractivity contribution in [2.45, 2.75) is 108 Å². The smallest absolute Gasteiger partial charge is 0.259 e. The van der Waals surface area contributed by atoms with E-state index in [1.54, 1.807) is 7.11 Å². The zero-order chi connectivity index (χ0) is 40.7. The van der Waals surface area contributed by atoms with Crippen molar-refractivity contribution < 1.29 is 37.1 Å². The molecule has 7 rings (SSSR count). The van der Waals surface area contributed by atoms with Crippen LogP contribution in [0.1, 0.15) is 85.5 Å². The summed E-state index contributed by atoms with van der Waals surface area (Å²) in [6.45, 7) is 9.04. The van der Waals surface area contributed by atoms with Gasteiger partial charge in [0, 0.05) is 49.0 Å². The van der Waals surface area contributed by atoms with Crippen LogP contribution in [-0.4, -0.2) is 96.5 Å². The van der Waals surface area contributed by atoms with Crippen molar-refractivity contribution >= 4 is 44.6 Å². The van der Waals surface area contributed by atoms with Gasteiger partial charge in [-0.25, -0.2) is 13.4 Å². The fourth-order valence-corrected chi connectivity index (χ4v) is 9.78. The highest BCUT2D eigenvalue weighted by atomic mass is 32.2. The number of piperidine rings is 1. The quantitative estimate of drug-likeness (QED) is 0.236. The number of hydrogen-bond acceptors (Lipinski definition) is 9. The number of nitrogens with one attached hydrogen (secondary N) is 2. The van der Waals surface area contributed by atoms with Crippen LogP contribution >= 0.6 is 0 Å². The molecule has 14 heteroatoms. The largest absolute Gasteiger partial charge is 0.497 e. The van der Waals surface area contributed by atoms with Gasteiger partial charge in [-0.3, -0.25) is 23.9 Å². The number of nitrogens with zero attached hydrogens (tertiary/aromatic N) is 3. The minimum Gasteiger partial charge on any atom is -0.497 e. The molecule has 3 aromatic rings. The molecule has 4 amide bonds. The fraction of sp³-hybridized carbons (Fsp3) is 0.558. The van der Waals surface area contributed by atoms with Gasteiger partial charge in [-0.05, 0) is 62.0 Å². The SMILES string of the molecule is CC[C@@H]1C[C@]1(NC(=O)[C@@H]1C[C@@H](Oc2cc(-c3ccccc3)nc3cc(OC)ccc23)CN1C(=O)C(CC(=O)N1CCCCC1)C(C)(C)C)C(=O)NS(=O)(=O)C1CC1. The minimum atomic E-state index is -3.86. The lowest BCUT2D eigenvalue weighted by atomic mass is 9.77. The number of sulfonamides is 1. The minimum absolute atomic E-state index is 0.000759. The van der Waals surface area contributed by atoms with Crippen LogP contribution in [0.2, 0.25) is 0 Å². The van der Waals surface area contributed by atoms with Crippen LogP contribution in [0.3, 0.4) is 0 Å². The molecule has 2 saturated carbocycles. The summed E-state index contributed by atoms with van der Waals surface area (Å²) >= 11 is 0. The molecular weight excluding hydrogens is 747 g/mol. The number of carbonyl (C=O) groups excluding carboxylic acids is 4. The maximum Gasteiger partial charge on any atom is 0.259 e. The molecule has 0 spiro atoms. The fourth-order valence-electron chi connectivity index (χ4n) is 8.42. The van der Waals surface area contributed by atoms with Gasteiger partial charge in [0.2, 0.25) is 27.7 Å². The summed E-state index contributed by atoms with van der Waals surface area (Å²) < 4.78 is 40.2. The molecule has 2 aliphatic heterocycles. The number of amides is 4. The third-order valence-corrected chi connectivity index (χ3v) is 14.0. The molecule has 1 unspecified atom stereocenters. The predicted molar refractivity (Wildman–Crippen MR) is 216 cm³/mol. The van der Waals surface area contributed by atoms with Gasteiger partial charge in [0.05, 0.1) is 36.0 Å². The highest BCUT2D eigenvalue weighted by molar-refractivity contribution is 7.91. The van der Waals surface area contributed by atoms with E-state index in [-0.39, 0.29) is 43.5 Å². The van der Waals surface area contributed by atoms with Gasteiger partial charge < -0.3 is 24.6 Å². The van der Waals surface area contributed by atoms with Crippen LogP contribution < -0.4 is 19.5 Å². The maximum atomic E-state index is 14.9. The van der Waals surface area contributed by atoms with Crippen molar-refractivity contribution in [3.63, 3.8) is 0 Å². The van der Waals surface area contributed by atoms with E-state index in [1.165, 1.54) is 4.90 Å². The molecule has 306 valence electrons. The van der Waals surface area contributed by atoms with E-state index in [0.29, 0.717) is 55.1 Å². The first-order chi connectivity index (χ1) is 27.1. The molecule has 5 atom stereocenters. The molecule has 13 nitrogen and oxygen atoms in total. The number of rotatable bonds is 13. The third-order valence-electron chi connectivity index (χ3n) is 12.2. The molecule has 2 N–H and O–H groups in total. The number of likely N-dealkylation sites (tertiary alicyclic amines) is 2. The Morgan fingerprint density at radius 3 is 2.35 bits per heavy atom. The summed E-state index contributed by atoms with van der Waals surface area (Å²) in [6.07, 6.45) is 4.16. The molecular formula is C43H55N5O8S. The summed E-state index contributed by atoms with van der Waals surface area (Å²) in [7, 11) is -2.28. The average molecular weight is 802 g/mol. The Bertz CT molecular complexity index is 2130. The Morgan fingerprint density at radius 2 is 1.72 bits per heavy atom. The molecule has 4 fully saturated rings. The molecule has 0 bridgehead atoms. The predicted octanol–water partition coefficient (Wildman–Crippen LogP) is 5.22. The highest BCUT2D eigenvalue weighted by Gasteiger charge is 2.62. The van der Waals surface area contributed by atoms with Gasteiger partial charge in [0.1, 0.15) is 29.2 Å². The van der Waals surface area contributed by atoms with Crippen LogP contribution in [0.15, 0.2) is 54.6 Å². The van der Waals surface area contributed by atoms with Crippen LogP contribution in [0.25, 0.3) is 22.2 Å². The number of methoxy groups -OCH3 is 1. The first kappa shape index (κ1) is 40.5. The van der Waals surface area contributed by atoms with E-state index >= 15 is 0 Å². The summed E-state index contributed by atoms with van der Waals surface area (Å²) in [5.41, 5.74) is 0.142. The first-order valence-electron chi connectivity index (χ1n) is 20.3. The second kappa shape index (κ2) is 15.9. The molecule has 0 radical (unpaired) electrons. The van der Waals surface area contributed by atoms with Gasteiger partial charge in [-0.2, -0.15) is 0 Å². The van der Waals surface area contributed by atoms with Gasteiger partial charge in [-0.1, -0.05) is 64.4 Å². The zero-order valence-corrected chi connectivity index (χ0v) is 34.4. The third kappa shape index (κ3) is 8.61. The van der Waals surface area contributed by atoms with Gasteiger partial charge in [-0.15, -0.1) is 0 Å². The van der Waals surface area contributed by atoms with Crippen molar-refractivity contribution in [3.8, 4) is 22.8 Å². The summed E-state index contributed by atoms with van der Waals surface area (Å²) in [5, 5.41) is 3.05. The van der Waals surface area contributed by atoms with Gasteiger partial charge in [0.15, 0.2) is 0 Å². The van der Waals surface area contributed by atoms with Crippen molar-refractivity contribution in [2.24, 2.45) is 17.3 Å². The molecule has 1 aromatic heterocycles. The van der Waals surface area contributed by atoms with Crippen LogP contribution in [0, 0.1) is 17.3 Å².